The number of nitro groups is 1. The van der Waals surface area contributed by atoms with E-state index in [0.29, 0.717) is 30.6 Å². The smallest absolute Gasteiger partial charge is 0.288 e. The predicted molar refractivity (Wildman–Crippen MR) is 123 cm³/mol. The minimum atomic E-state index is -0.528. The normalized spacial score (nSPS) is 14.6. The number of nitro benzene ring substituents is 1. The van der Waals surface area contributed by atoms with E-state index in [9.17, 15) is 19.3 Å². The highest BCUT2D eigenvalue weighted by Crippen LogP contribution is 2.34. The monoisotopic (exact) mass is 478 g/mol. The van der Waals surface area contributed by atoms with Gasteiger partial charge in [0.2, 0.25) is 0 Å². The van der Waals surface area contributed by atoms with Crippen LogP contribution in [-0.4, -0.2) is 54.1 Å². The van der Waals surface area contributed by atoms with Crippen molar-refractivity contribution in [3.8, 4) is 5.75 Å². The molecule has 2 aromatic carbocycles. The second kappa shape index (κ2) is 9.76. The Morgan fingerprint density at radius 3 is 2.59 bits per heavy atom. The van der Waals surface area contributed by atoms with Gasteiger partial charge in [0.15, 0.2) is 5.13 Å². The van der Waals surface area contributed by atoms with Crippen molar-refractivity contribution in [2.75, 3.05) is 44.2 Å². The molecule has 0 radical (unpaired) electrons. The van der Waals surface area contributed by atoms with Crippen LogP contribution in [-0.2, 0) is 0 Å². The SMILES string of the molecule is O=c1nc(N2CCN(CCCOc3ccc(F)cc3)CC2)sc2c([N+](=O)[O-])cc(Cl)cc12. The van der Waals surface area contributed by atoms with E-state index in [1.807, 2.05) is 4.90 Å². The Morgan fingerprint density at radius 1 is 1.19 bits per heavy atom. The van der Waals surface area contributed by atoms with Gasteiger partial charge in [-0.15, -0.1) is 0 Å². The summed E-state index contributed by atoms with van der Waals surface area (Å²) in [6.07, 6.45) is 0.825. The number of hydrogen-bond donors (Lipinski definition) is 0. The second-order valence-electron chi connectivity index (χ2n) is 7.34. The zero-order valence-electron chi connectivity index (χ0n) is 17.0. The van der Waals surface area contributed by atoms with Crippen molar-refractivity contribution >= 4 is 43.8 Å². The highest BCUT2D eigenvalue weighted by Gasteiger charge is 2.23. The van der Waals surface area contributed by atoms with Crippen LogP contribution in [0.4, 0.5) is 15.2 Å². The van der Waals surface area contributed by atoms with E-state index >= 15 is 0 Å². The fraction of sp³-hybridized carbons (Fsp3) is 0.333. The van der Waals surface area contributed by atoms with Crippen LogP contribution in [0.1, 0.15) is 6.42 Å². The Hall–Kier alpha value is -2.82. The van der Waals surface area contributed by atoms with Crippen LogP contribution in [0.2, 0.25) is 5.02 Å². The molecule has 1 aliphatic heterocycles. The number of nitrogens with zero attached hydrogens (tertiary/aromatic N) is 4. The maximum Gasteiger partial charge on any atom is 0.288 e. The number of fused-ring (bicyclic) bond motifs is 1. The minimum absolute atomic E-state index is 0.139. The molecule has 0 unspecified atom stereocenters. The van der Waals surface area contributed by atoms with Crippen molar-refractivity contribution in [2.45, 2.75) is 6.42 Å². The number of hydrogen-bond acceptors (Lipinski definition) is 8. The summed E-state index contributed by atoms with van der Waals surface area (Å²) in [4.78, 5) is 31.8. The molecule has 8 nitrogen and oxygen atoms in total. The molecule has 1 aliphatic rings. The van der Waals surface area contributed by atoms with E-state index in [-0.39, 0.29) is 26.6 Å². The molecular weight excluding hydrogens is 459 g/mol. The fourth-order valence-electron chi connectivity index (χ4n) is 3.55. The third kappa shape index (κ3) is 5.14. The molecule has 0 amide bonds. The Kier molecular flexibility index (Phi) is 6.83. The molecule has 32 heavy (non-hydrogen) atoms. The van der Waals surface area contributed by atoms with E-state index in [0.717, 1.165) is 37.4 Å². The van der Waals surface area contributed by atoms with Crippen LogP contribution in [0, 0.1) is 15.9 Å². The summed E-state index contributed by atoms with van der Waals surface area (Å²) in [6, 6.07) is 8.63. The first-order valence-corrected chi connectivity index (χ1v) is 11.2. The molecule has 2 heterocycles. The first-order valence-electron chi connectivity index (χ1n) is 10.0. The summed E-state index contributed by atoms with van der Waals surface area (Å²) in [5, 5.41) is 12.2. The van der Waals surface area contributed by atoms with Crippen LogP contribution in [0.5, 0.6) is 5.75 Å². The first kappa shape index (κ1) is 22.4. The van der Waals surface area contributed by atoms with Gasteiger partial charge in [0.05, 0.1) is 16.9 Å². The predicted octanol–water partition coefficient (Wildman–Crippen LogP) is 3.95. The highest BCUT2D eigenvalue weighted by atomic mass is 35.5. The Morgan fingerprint density at radius 2 is 1.91 bits per heavy atom. The van der Waals surface area contributed by atoms with Crippen molar-refractivity contribution in [3.63, 3.8) is 0 Å². The molecule has 168 valence electrons. The van der Waals surface area contributed by atoms with Gasteiger partial charge in [-0.2, -0.15) is 4.98 Å². The molecule has 11 heteroatoms. The number of anilines is 1. The van der Waals surface area contributed by atoms with E-state index in [1.54, 1.807) is 12.1 Å². The molecule has 0 N–H and O–H groups in total. The van der Waals surface area contributed by atoms with Gasteiger partial charge in [0, 0.05) is 43.8 Å². The number of benzene rings is 2. The summed E-state index contributed by atoms with van der Waals surface area (Å²) in [6.45, 7) is 4.26. The van der Waals surface area contributed by atoms with Crippen molar-refractivity contribution in [3.05, 3.63) is 67.7 Å². The van der Waals surface area contributed by atoms with Gasteiger partial charge in [0.1, 0.15) is 16.3 Å². The summed E-state index contributed by atoms with van der Waals surface area (Å²) in [5.74, 6) is 0.350. The lowest BCUT2D eigenvalue weighted by atomic mass is 10.2. The molecular formula is C21H20ClFN4O4S. The van der Waals surface area contributed by atoms with Crippen LogP contribution in [0.25, 0.3) is 10.1 Å². The average molecular weight is 479 g/mol. The Labute approximate surface area is 192 Å². The third-order valence-corrected chi connectivity index (χ3v) is 6.58. The average Bonchev–Trinajstić information content (AvgIpc) is 2.78. The van der Waals surface area contributed by atoms with Gasteiger partial charge in [0.25, 0.3) is 11.2 Å². The first-order chi connectivity index (χ1) is 15.4. The van der Waals surface area contributed by atoms with E-state index in [4.69, 9.17) is 16.3 Å². The number of rotatable bonds is 7. The van der Waals surface area contributed by atoms with Gasteiger partial charge in [-0.3, -0.25) is 19.8 Å². The van der Waals surface area contributed by atoms with Crippen molar-refractivity contribution in [1.82, 2.24) is 9.88 Å². The molecule has 0 bridgehead atoms. The van der Waals surface area contributed by atoms with Crippen LogP contribution in [0.3, 0.4) is 0 Å². The molecule has 1 aromatic heterocycles. The summed E-state index contributed by atoms with van der Waals surface area (Å²) in [5.41, 5.74) is -0.697. The summed E-state index contributed by atoms with van der Waals surface area (Å²) in [7, 11) is 0. The summed E-state index contributed by atoms with van der Waals surface area (Å²) < 4.78 is 18.8. The fourth-order valence-corrected chi connectivity index (χ4v) is 4.88. The van der Waals surface area contributed by atoms with Crippen molar-refractivity contribution in [1.29, 1.82) is 0 Å². The molecule has 1 fully saturated rings. The second-order valence-corrected chi connectivity index (χ2v) is 8.76. The lowest BCUT2D eigenvalue weighted by Crippen LogP contribution is -2.47. The standard InChI is InChI=1S/C21H20ClFN4O4S/c22-14-12-17-19(18(13-14)27(29)30)32-21(24-20(17)28)26-9-7-25(8-10-26)6-1-11-31-16-4-2-15(23)3-5-16/h2-5,12-13H,1,6-11H2. The summed E-state index contributed by atoms with van der Waals surface area (Å²) >= 11 is 7.07. The zero-order valence-corrected chi connectivity index (χ0v) is 18.6. The van der Waals surface area contributed by atoms with Gasteiger partial charge in [-0.25, -0.2) is 4.39 Å². The van der Waals surface area contributed by atoms with Gasteiger partial charge < -0.3 is 9.64 Å². The minimum Gasteiger partial charge on any atom is -0.494 e. The van der Waals surface area contributed by atoms with Crippen molar-refractivity contribution < 1.29 is 14.1 Å². The lowest BCUT2D eigenvalue weighted by molar-refractivity contribution is -0.382. The van der Waals surface area contributed by atoms with Gasteiger partial charge in [-0.1, -0.05) is 22.9 Å². The highest BCUT2D eigenvalue weighted by molar-refractivity contribution is 7.22. The van der Waals surface area contributed by atoms with Crippen LogP contribution >= 0.6 is 22.9 Å². The quantitative estimate of drug-likeness (QED) is 0.288. The number of halogens is 2. The number of piperazine rings is 1. The molecule has 0 aliphatic carbocycles. The molecule has 0 atom stereocenters. The molecule has 1 saturated heterocycles. The van der Waals surface area contributed by atoms with E-state index < -0.39 is 10.5 Å². The van der Waals surface area contributed by atoms with E-state index in [1.165, 1.54) is 24.3 Å². The number of non-ortho nitro benzene ring substituents is 1. The maximum absolute atomic E-state index is 12.9. The van der Waals surface area contributed by atoms with E-state index in [2.05, 4.69) is 9.88 Å². The number of ether oxygens (including phenoxy) is 1. The van der Waals surface area contributed by atoms with Crippen LogP contribution in [0.15, 0.2) is 41.2 Å². The maximum atomic E-state index is 12.9. The van der Waals surface area contributed by atoms with Gasteiger partial charge >= 0.3 is 0 Å². The number of aromatic nitrogens is 1. The van der Waals surface area contributed by atoms with Crippen molar-refractivity contribution in [2.24, 2.45) is 0 Å². The molecule has 0 saturated carbocycles. The van der Waals surface area contributed by atoms with Gasteiger partial charge in [-0.05, 0) is 36.8 Å². The largest absolute Gasteiger partial charge is 0.494 e. The Balaban J connectivity index is 1.35. The topological polar surface area (TPSA) is 88.8 Å². The molecule has 4 rings (SSSR count). The van der Waals surface area contributed by atoms with Crippen LogP contribution < -0.4 is 15.2 Å². The zero-order chi connectivity index (χ0) is 22.7. The lowest BCUT2D eigenvalue weighted by Gasteiger charge is -2.34. The third-order valence-electron chi connectivity index (χ3n) is 5.20. The molecule has 3 aromatic rings. The Bertz CT molecular complexity index is 1180. The molecule has 0 spiro atoms.